The third-order valence-electron chi connectivity index (χ3n) is 2.65. The summed E-state index contributed by atoms with van der Waals surface area (Å²) in [6, 6.07) is 0.246. The molecule has 4 heteroatoms. The molecule has 2 N–H and O–H groups in total. The van der Waals surface area contributed by atoms with Crippen molar-refractivity contribution in [1.29, 1.82) is 0 Å². The maximum absolute atomic E-state index is 6.04. The van der Waals surface area contributed by atoms with Gasteiger partial charge in [0, 0.05) is 29.0 Å². The van der Waals surface area contributed by atoms with Gasteiger partial charge >= 0.3 is 0 Å². The lowest BCUT2D eigenvalue weighted by molar-refractivity contribution is 0.569. The summed E-state index contributed by atoms with van der Waals surface area (Å²) in [7, 11) is 0. The number of thiazole rings is 1. The van der Waals surface area contributed by atoms with Crippen LogP contribution in [0.3, 0.4) is 0 Å². The molecule has 2 aromatic rings. The Kier molecular flexibility index (Phi) is 1.48. The van der Waals surface area contributed by atoms with E-state index < -0.39 is 0 Å². The van der Waals surface area contributed by atoms with Crippen molar-refractivity contribution in [3.05, 3.63) is 23.0 Å². The summed E-state index contributed by atoms with van der Waals surface area (Å²) in [6.07, 6.45) is 7.36. The van der Waals surface area contributed by atoms with Gasteiger partial charge in [0.25, 0.3) is 0 Å². The number of nitrogens with two attached hydrogens (primary N) is 1. The summed E-state index contributed by atoms with van der Waals surface area (Å²) in [5.41, 5.74) is 7.42. The summed E-state index contributed by atoms with van der Waals surface area (Å²) < 4.78 is 2.18. The minimum Gasteiger partial charge on any atom is -0.323 e. The van der Waals surface area contributed by atoms with E-state index in [1.807, 2.05) is 12.4 Å². The molecule has 3 nitrogen and oxygen atoms in total. The van der Waals surface area contributed by atoms with Gasteiger partial charge in [-0.2, -0.15) is 0 Å². The Hall–Kier alpha value is -0.870. The fourth-order valence-corrected chi connectivity index (χ4v) is 3.17. The molecular formula is C9H11N3S. The molecule has 2 aromatic heterocycles. The number of nitrogens with zero attached hydrogens (tertiary/aromatic N) is 2. The number of hydrogen-bond acceptors (Lipinski definition) is 3. The van der Waals surface area contributed by atoms with Crippen molar-refractivity contribution < 1.29 is 0 Å². The fourth-order valence-electron chi connectivity index (χ4n) is 2.00. The molecule has 13 heavy (non-hydrogen) atoms. The molecule has 0 radical (unpaired) electrons. The second kappa shape index (κ2) is 2.56. The average Bonchev–Trinajstić information content (AvgIpc) is 2.65. The molecule has 0 unspecified atom stereocenters. The Bertz CT molecular complexity index is 443. The van der Waals surface area contributed by atoms with Crippen LogP contribution in [-0.2, 0) is 6.42 Å². The number of rotatable bonds is 0. The maximum Gasteiger partial charge on any atom is 0.194 e. The molecule has 68 valence electrons. The molecule has 0 aromatic carbocycles. The minimum absolute atomic E-state index is 0.246. The van der Waals surface area contributed by atoms with Crippen molar-refractivity contribution in [2.75, 3.05) is 0 Å². The first kappa shape index (κ1) is 7.53. The lowest BCUT2D eigenvalue weighted by Gasteiger charge is -2.17. The number of aromatic nitrogens is 2. The molecule has 1 aliphatic rings. The van der Waals surface area contributed by atoms with Crippen LogP contribution in [0.1, 0.15) is 29.5 Å². The zero-order valence-electron chi connectivity index (χ0n) is 7.23. The second-order valence-corrected chi connectivity index (χ2v) is 4.50. The van der Waals surface area contributed by atoms with Crippen LogP contribution in [0.15, 0.2) is 12.4 Å². The van der Waals surface area contributed by atoms with E-state index in [2.05, 4.69) is 9.38 Å². The van der Waals surface area contributed by atoms with Gasteiger partial charge in [0.15, 0.2) is 4.96 Å². The highest BCUT2D eigenvalue weighted by atomic mass is 32.1. The molecule has 2 heterocycles. The highest BCUT2D eigenvalue weighted by molar-refractivity contribution is 7.17. The molecule has 1 aliphatic carbocycles. The van der Waals surface area contributed by atoms with Crippen LogP contribution < -0.4 is 5.73 Å². The van der Waals surface area contributed by atoms with Gasteiger partial charge in [-0.3, -0.25) is 4.40 Å². The molecule has 0 saturated heterocycles. The van der Waals surface area contributed by atoms with Crippen LogP contribution in [-0.4, -0.2) is 9.38 Å². The Balaban J connectivity index is 2.31. The van der Waals surface area contributed by atoms with Crippen LogP contribution >= 0.6 is 11.3 Å². The molecule has 0 saturated carbocycles. The van der Waals surface area contributed by atoms with E-state index in [0.29, 0.717) is 0 Å². The van der Waals surface area contributed by atoms with E-state index in [9.17, 15) is 0 Å². The van der Waals surface area contributed by atoms with Gasteiger partial charge in [-0.05, 0) is 19.3 Å². The topological polar surface area (TPSA) is 43.3 Å². The Morgan fingerprint density at radius 1 is 1.62 bits per heavy atom. The second-order valence-electron chi connectivity index (χ2n) is 3.49. The predicted octanol–water partition coefficient (Wildman–Crippen LogP) is 1.73. The standard InChI is InChI=1S/C9H11N3S/c10-6-2-1-3-7-8(6)13-9-11-4-5-12(7)9/h4-6H,1-3,10H2/t6-/m0/s1. The van der Waals surface area contributed by atoms with Gasteiger partial charge in [-0.1, -0.05) is 11.3 Å². The van der Waals surface area contributed by atoms with Crippen LogP contribution in [0.4, 0.5) is 0 Å². The zero-order valence-corrected chi connectivity index (χ0v) is 8.05. The quantitative estimate of drug-likeness (QED) is 0.692. The molecule has 1 atom stereocenters. The first-order valence-electron chi connectivity index (χ1n) is 4.56. The van der Waals surface area contributed by atoms with E-state index in [-0.39, 0.29) is 6.04 Å². The molecule has 0 bridgehead atoms. The van der Waals surface area contributed by atoms with E-state index >= 15 is 0 Å². The van der Waals surface area contributed by atoms with E-state index in [1.54, 1.807) is 11.3 Å². The van der Waals surface area contributed by atoms with E-state index in [1.165, 1.54) is 17.0 Å². The molecule has 3 rings (SSSR count). The largest absolute Gasteiger partial charge is 0.323 e. The molecule has 0 spiro atoms. The first-order valence-corrected chi connectivity index (χ1v) is 5.38. The van der Waals surface area contributed by atoms with Crippen LogP contribution in [0.25, 0.3) is 4.96 Å². The summed E-state index contributed by atoms with van der Waals surface area (Å²) in [5, 5.41) is 0. The highest BCUT2D eigenvalue weighted by Gasteiger charge is 2.22. The van der Waals surface area contributed by atoms with Crippen molar-refractivity contribution in [3.8, 4) is 0 Å². The highest BCUT2D eigenvalue weighted by Crippen LogP contribution is 2.34. The SMILES string of the molecule is N[C@H]1CCCc2c1sc1nccn21. The third-order valence-corrected chi connectivity index (χ3v) is 3.89. The summed E-state index contributed by atoms with van der Waals surface area (Å²) in [6.45, 7) is 0. The lowest BCUT2D eigenvalue weighted by atomic mass is 9.99. The van der Waals surface area contributed by atoms with Gasteiger partial charge in [0.2, 0.25) is 0 Å². The zero-order chi connectivity index (χ0) is 8.84. The van der Waals surface area contributed by atoms with Gasteiger partial charge in [-0.25, -0.2) is 4.98 Å². The van der Waals surface area contributed by atoms with Crippen LogP contribution in [0.5, 0.6) is 0 Å². The smallest absolute Gasteiger partial charge is 0.194 e. The molecule has 0 aliphatic heterocycles. The van der Waals surface area contributed by atoms with Gasteiger partial charge < -0.3 is 5.73 Å². The Labute approximate surface area is 80.2 Å². The monoisotopic (exact) mass is 193 g/mol. The number of fused-ring (bicyclic) bond motifs is 3. The first-order chi connectivity index (χ1) is 6.36. The van der Waals surface area contributed by atoms with Gasteiger partial charge in [0.1, 0.15) is 0 Å². The van der Waals surface area contributed by atoms with E-state index in [0.717, 1.165) is 17.8 Å². The minimum atomic E-state index is 0.246. The molecule has 0 amide bonds. The fraction of sp³-hybridized carbons (Fsp3) is 0.444. The maximum atomic E-state index is 6.04. The van der Waals surface area contributed by atoms with Crippen molar-refractivity contribution in [3.63, 3.8) is 0 Å². The summed E-state index contributed by atoms with van der Waals surface area (Å²) in [4.78, 5) is 6.71. The molecule has 0 fully saturated rings. The van der Waals surface area contributed by atoms with Crippen molar-refractivity contribution >= 4 is 16.3 Å². The third kappa shape index (κ3) is 0.957. The predicted molar refractivity (Wildman–Crippen MR) is 52.9 cm³/mol. The Morgan fingerprint density at radius 3 is 3.46 bits per heavy atom. The van der Waals surface area contributed by atoms with Gasteiger partial charge in [0.05, 0.1) is 0 Å². The normalized spacial score (nSPS) is 22.1. The van der Waals surface area contributed by atoms with Crippen molar-refractivity contribution in [2.45, 2.75) is 25.3 Å². The number of hydrogen-bond donors (Lipinski definition) is 1. The van der Waals surface area contributed by atoms with Crippen molar-refractivity contribution in [1.82, 2.24) is 9.38 Å². The van der Waals surface area contributed by atoms with Crippen LogP contribution in [0.2, 0.25) is 0 Å². The van der Waals surface area contributed by atoms with Crippen LogP contribution in [0, 0.1) is 0 Å². The lowest BCUT2D eigenvalue weighted by Crippen LogP contribution is -2.16. The van der Waals surface area contributed by atoms with Gasteiger partial charge in [-0.15, -0.1) is 0 Å². The number of imidazole rings is 1. The summed E-state index contributed by atoms with van der Waals surface area (Å²) in [5.74, 6) is 0. The number of aryl methyl sites for hydroxylation is 1. The van der Waals surface area contributed by atoms with E-state index in [4.69, 9.17) is 5.73 Å². The molecular weight excluding hydrogens is 182 g/mol. The van der Waals surface area contributed by atoms with Crippen molar-refractivity contribution in [2.24, 2.45) is 5.73 Å². The average molecular weight is 193 g/mol. The summed E-state index contributed by atoms with van der Waals surface area (Å²) >= 11 is 1.74. The Morgan fingerprint density at radius 2 is 2.54 bits per heavy atom.